The van der Waals surface area contributed by atoms with Gasteiger partial charge in [-0.15, -0.1) is 6.42 Å². The fourth-order valence-electron chi connectivity index (χ4n) is 1.64. The lowest BCUT2D eigenvalue weighted by Crippen LogP contribution is -2.44. The highest BCUT2D eigenvalue weighted by Gasteiger charge is 2.24. The molecule has 0 spiro atoms. The second-order valence-corrected chi connectivity index (χ2v) is 5.91. The average molecular weight is 308 g/mol. The van der Waals surface area contributed by atoms with Crippen LogP contribution in [0.15, 0.2) is 24.3 Å². The van der Waals surface area contributed by atoms with Gasteiger partial charge in [0, 0.05) is 11.4 Å². The first kappa shape index (κ1) is 17.1. The summed E-state index contributed by atoms with van der Waals surface area (Å²) in [5.74, 6) is 1.49. The maximum absolute atomic E-state index is 11.8. The summed E-state index contributed by atoms with van der Waals surface area (Å²) < 4.78 is 5.13. The number of Topliss-reactive ketones (excluding diaryl/α,β-unsaturated/α-hetero) is 1. The fourth-order valence-corrected chi connectivity index (χ4v) is 1.86. The summed E-state index contributed by atoms with van der Waals surface area (Å²) in [5.41, 5.74) is 0.0712. The number of hydrogen-bond acceptors (Lipinski definition) is 3. The predicted molar refractivity (Wildman–Crippen MR) is 82.2 cm³/mol. The van der Waals surface area contributed by atoms with Crippen LogP contribution in [-0.2, 0) is 16.0 Å². The van der Waals surface area contributed by atoms with Crippen molar-refractivity contribution in [3.8, 4) is 12.3 Å². The summed E-state index contributed by atoms with van der Waals surface area (Å²) in [6, 6.07) is 6.19. The number of nitrogens with one attached hydrogen (secondary N) is 1. The minimum atomic E-state index is -0.871. The van der Waals surface area contributed by atoms with Gasteiger partial charge in [-0.1, -0.05) is 29.8 Å². The topological polar surface area (TPSA) is 55.4 Å². The van der Waals surface area contributed by atoms with E-state index in [0.717, 1.165) is 5.56 Å². The molecule has 1 rings (SSSR count). The zero-order chi connectivity index (χ0) is 16.0. The lowest BCUT2D eigenvalue weighted by Gasteiger charge is -2.22. The second-order valence-electron chi connectivity index (χ2n) is 5.50. The van der Waals surface area contributed by atoms with Crippen LogP contribution in [0.2, 0.25) is 5.02 Å². The van der Waals surface area contributed by atoms with Crippen molar-refractivity contribution < 1.29 is 14.3 Å². The molecule has 1 unspecified atom stereocenters. The molecule has 1 aromatic rings. The average Bonchev–Trinajstić information content (AvgIpc) is 2.37. The number of alkyl carbamates (subject to hydrolysis) is 1. The van der Waals surface area contributed by atoms with Gasteiger partial charge >= 0.3 is 6.09 Å². The molecular weight excluding hydrogens is 290 g/mol. The van der Waals surface area contributed by atoms with Gasteiger partial charge in [0.1, 0.15) is 11.6 Å². The van der Waals surface area contributed by atoms with Gasteiger partial charge in [-0.3, -0.25) is 4.79 Å². The molecule has 1 amide bonds. The summed E-state index contributed by atoms with van der Waals surface area (Å²) in [4.78, 5) is 23.6. The number of ketones is 1. The van der Waals surface area contributed by atoms with E-state index in [9.17, 15) is 9.59 Å². The van der Waals surface area contributed by atoms with Gasteiger partial charge in [-0.05, 0) is 38.3 Å². The minimum Gasteiger partial charge on any atom is -0.444 e. The molecule has 0 radical (unpaired) electrons. The highest BCUT2D eigenvalue weighted by molar-refractivity contribution is 6.31. The summed E-state index contributed by atoms with van der Waals surface area (Å²) in [7, 11) is 0. The Morgan fingerprint density at radius 3 is 2.52 bits per heavy atom. The van der Waals surface area contributed by atoms with Crippen molar-refractivity contribution in [3.63, 3.8) is 0 Å². The molecule has 0 saturated carbocycles. The highest BCUT2D eigenvalue weighted by Crippen LogP contribution is 2.17. The predicted octanol–water partition coefficient (Wildman–Crippen LogP) is 2.98. The van der Waals surface area contributed by atoms with Crippen LogP contribution in [0.5, 0.6) is 0 Å². The molecule has 0 saturated heterocycles. The normalized spacial score (nSPS) is 12.1. The van der Waals surface area contributed by atoms with Crippen molar-refractivity contribution in [3.05, 3.63) is 34.9 Å². The molecule has 112 valence electrons. The first-order valence-electron chi connectivity index (χ1n) is 6.46. The number of hydrogen-bond donors (Lipinski definition) is 1. The van der Waals surface area contributed by atoms with E-state index >= 15 is 0 Å². The monoisotopic (exact) mass is 307 g/mol. The van der Waals surface area contributed by atoms with Gasteiger partial charge in [-0.2, -0.15) is 0 Å². The largest absolute Gasteiger partial charge is 0.444 e. The van der Waals surface area contributed by atoms with Crippen molar-refractivity contribution in [1.29, 1.82) is 0 Å². The lowest BCUT2D eigenvalue weighted by atomic mass is 10.0. The van der Waals surface area contributed by atoms with Crippen LogP contribution in [0.4, 0.5) is 4.79 Å². The quantitative estimate of drug-likeness (QED) is 0.687. The van der Waals surface area contributed by atoms with Gasteiger partial charge in [0.25, 0.3) is 0 Å². The van der Waals surface area contributed by atoms with Crippen LogP contribution in [0.25, 0.3) is 0 Å². The van der Waals surface area contributed by atoms with Crippen molar-refractivity contribution >= 4 is 23.5 Å². The van der Waals surface area contributed by atoms with Crippen molar-refractivity contribution in [2.45, 2.75) is 38.8 Å². The summed E-state index contributed by atoms with van der Waals surface area (Å²) in [6.45, 7) is 5.20. The maximum atomic E-state index is 11.8. The van der Waals surface area contributed by atoms with Crippen LogP contribution in [-0.4, -0.2) is 23.5 Å². The first-order chi connectivity index (χ1) is 9.73. The molecule has 1 aromatic carbocycles. The SMILES string of the molecule is C#CC(=O)C(Cc1ccccc1Cl)NC(=O)OC(C)(C)C. The van der Waals surface area contributed by atoms with E-state index in [1.165, 1.54) is 0 Å². The smallest absolute Gasteiger partial charge is 0.408 e. The molecular formula is C16H18ClNO3. The minimum absolute atomic E-state index is 0.210. The third-order valence-corrected chi connectivity index (χ3v) is 2.90. The Morgan fingerprint density at radius 1 is 1.38 bits per heavy atom. The van der Waals surface area contributed by atoms with Gasteiger partial charge in [0.15, 0.2) is 0 Å². The van der Waals surface area contributed by atoms with E-state index in [2.05, 4.69) is 5.32 Å². The first-order valence-corrected chi connectivity index (χ1v) is 6.84. The molecule has 0 aromatic heterocycles. The third kappa shape index (κ3) is 5.88. The molecule has 5 heteroatoms. The molecule has 1 N–H and O–H groups in total. The third-order valence-electron chi connectivity index (χ3n) is 2.53. The molecule has 1 atom stereocenters. The van der Waals surface area contributed by atoms with E-state index in [4.69, 9.17) is 22.8 Å². The number of amides is 1. The number of rotatable bonds is 4. The number of ether oxygens (including phenoxy) is 1. The maximum Gasteiger partial charge on any atom is 0.408 e. The van der Waals surface area contributed by atoms with Gasteiger partial charge in [0.05, 0.1) is 0 Å². The van der Waals surface area contributed by atoms with Crippen LogP contribution in [0.3, 0.4) is 0 Å². The second kappa shape index (κ2) is 7.14. The molecule has 0 bridgehead atoms. The van der Waals surface area contributed by atoms with Crippen molar-refractivity contribution in [1.82, 2.24) is 5.32 Å². The Kier molecular flexibility index (Phi) is 5.80. The number of carbonyl (C=O) groups excluding carboxylic acids is 2. The van der Waals surface area contributed by atoms with Gasteiger partial charge in [-0.25, -0.2) is 4.79 Å². The Hall–Kier alpha value is -1.99. The van der Waals surface area contributed by atoms with E-state index in [-0.39, 0.29) is 6.42 Å². The van der Waals surface area contributed by atoms with Crippen molar-refractivity contribution in [2.24, 2.45) is 0 Å². The van der Waals surface area contributed by atoms with E-state index < -0.39 is 23.5 Å². The molecule has 0 aliphatic rings. The Balaban J connectivity index is 2.83. The molecule has 0 aliphatic carbocycles. The van der Waals surface area contributed by atoms with E-state index in [1.807, 2.05) is 5.92 Å². The number of terminal acetylenes is 1. The lowest BCUT2D eigenvalue weighted by molar-refractivity contribution is -0.115. The van der Waals surface area contributed by atoms with Crippen LogP contribution in [0, 0.1) is 12.3 Å². The van der Waals surface area contributed by atoms with E-state index in [1.54, 1.807) is 45.0 Å². The Labute approximate surface area is 129 Å². The van der Waals surface area contributed by atoms with Crippen molar-refractivity contribution in [2.75, 3.05) is 0 Å². The summed E-state index contributed by atoms with van der Waals surface area (Å²) in [5, 5.41) is 3.00. The molecule has 0 fully saturated rings. The summed E-state index contributed by atoms with van der Waals surface area (Å²) in [6.07, 6.45) is 4.66. The Bertz CT molecular complexity index is 570. The van der Waals surface area contributed by atoms with E-state index in [0.29, 0.717) is 5.02 Å². The van der Waals surface area contributed by atoms with Gasteiger partial charge in [0.2, 0.25) is 5.78 Å². The zero-order valence-electron chi connectivity index (χ0n) is 12.3. The Morgan fingerprint density at radius 2 is 2.00 bits per heavy atom. The van der Waals surface area contributed by atoms with Gasteiger partial charge < -0.3 is 10.1 Å². The number of carbonyl (C=O) groups is 2. The summed E-state index contributed by atoms with van der Waals surface area (Å²) >= 11 is 6.05. The van der Waals surface area contributed by atoms with Crippen LogP contribution >= 0.6 is 11.6 Å². The number of benzene rings is 1. The van der Waals surface area contributed by atoms with Crippen LogP contribution < -0.4 is 5.32 Å². The van der Waals surface area contributed by atoms with Crippen LogP contribution in [0.1, 0.15) is 26.3 Å². The number of halogens is 1. The molecule has 0 heterocycles. The standard InChI is InChI=1S/C16H18ClNO3/c1-5-14(19)13(18-15(20)21-16(2,3)4)10-11-8-6-7-9-12(11)17/h1,6-9,13H,10H2,2-4H3,(H,18,20). The molecule has 4 nitrogen and oxygen atoms in total. The molecule has 0 aliphatic heterocycles. The molecule has 21 heavy (non-hydrogen) atoms. The highest BCUT2D eigenvalue weighted by atomic mass is 35.5. The zero-order valence-corrected chi connectivity index (χ0v) is 13.0. The fraction of sp³-hybridized carbons (Fsp3) is 0.375.